The van der Waals surface area contributed by atoms with Crippen LogP contribution in [0, 0.1) is 6.92 Å². The molecule has 3 rings (SSSR count). The molecule has 6 nitrogen and oxygen atoms in total. The van der Waals surface area contributed by atoms with Gasteiger partial charge in [0, 0.05) is 64.8 Å². The van der Waals surface area contributed by atoms with Crippen LogP contribution in [0.1, 0.15) is 68.8 Å². The molecular weight excluding hydrogens is 436 g/mol. The summed E-state index contributed by atoms with van der Waals surface area (Å²) in [5, 5.41) is 3.47. The number of amides is 1. The fraction of sp³-hybridized carbons (Fsp3) is 0.577. The predicted octanol–water partition coefficient (Wildman–Crippen LogP) is 4.79. The molecule has 1 N–H and O–H groups in total. The highest BCUT2D eigenvalue weighted by Crippen LogP contribution is 2.34. The maximum Gasteiger partial charge on any atom is 0.251 e. The Morgan fingerprint density at radius 2 is 1.76 bits per heavy atom. The fourth-order valence-corrected chi connectivity index (χ4v) is 5.35. The summed E-state index contributed by atoms with van der Waals surface area (Å²) in [6, 6.07) is 4.77. The van der Waals surface area contributed by atoms with Crippen LogP contribution >= 0.6 is 11.6 Å². The minimum absolute atomic E-state index is 0.0225. The Morgan fingerprint density at radius 1 is 1.12 bits per heavy atom. The molecule has 0 bridgehead atoms. The third-order valence-electron chi connectivity index (χ3n) is 7.05. The smallest absolute Gasteiger partial charge is 0.251 e. The highest BCUT2D eigenvalue weighted by Gasteiger charge is 2.28. The lowest BCUT2D eigenvalue weighted by atomic mass is 9.89. The van der Waals surface area contributed by atoms with Crippen LogP contribution in [-0.4, -0.2) is 61.6 Å². The van der Waals surface area contributed by atoms with Gasteiger partial charge in [-0.3, -0.25) is 14.6 Å². The van der Waals surface area contributed by atoms with Gasteiger partial charge in [-0.1, -0.05) is 11.6 Å². The second kappa shape index (κ2) is 10.8. The molecule has 1 aliphatic carbocycles. The summed E-state index contributed by atoms with van der Waals surface area (Å²) in [7, 11) is 4.31. The fourth-order valence-electron chi connectivity index (χ4n) is 5.13. The van der Waals surface area contributed by atoms with Gasteiger partial charge in [0.05, 0.1) is 0 Å². The molecule has 0 radical (unpaired) electrons. The molecule has 0 spiro atoms. The summed E-state index contributed by atoms with van der Waals surface area (Å²) in [5.74, 6) is -0.197. The normalized spacial score (nSPS) is 21.3. The molecule has 1 aromatic rings. The van der Waals surface area contributed by atoms with E-state index in [1.807, 2.05) is 26.8 Å². The van der Waals surface area contributed by atoms with E-state index in [4.69, 9.17) is 11.6 Å². The number of Topliss-reactive ketones (excluding diaryl/α,β-unsaturated/α-hetero) is 1. The first-order valence-corrected chi connectivity index (χ1v) is 12.3. The van der Waals surface area contributed by atoms with Crippen LogP contribution in [0.5, 0.6) is 0 Å². The standard InChI is InChI=1S/C26H37ClN4O2/c1-7-31(21-10-8-20(9-11-21)30(5)6)24-14-19(27)13-22(17(24)3)26(33)28-15-23-18(4)29-16(2)12-25(23)32/h13-14,20-21H,7-12,15H2,1-6H3,(H,28,33)/t20-,21-. The number of nitrogens with zero attached hydrogens (tertiary/aromatic N) is 3. The maximum atomic E-state index is 13.1. The van der Waals surface area contributed by atoms with Crippen molar-refractivity contribution in [3.05, 3.63) is 39.6 Å². The van der Waals surface area contributed by atoms with Crippen LogP contribution in [0.25, 0.3) is 0 Å². The summed E-state index contributed by atoms with van der Waals surface area (Å²) in [4.78, 5) is 34.6. The van der Waals surface area contributed by atoms with Crippen LogP contribution in [0.3, 0.4) is 0 Å². The number of ketones is 1. The van der Waals surface area contributed by atoms with E-state index in [0.717, 1.165) is 36.3 Å². The van der Waals surface area contributed by atoms with Gasteiger partial charge < -0.3 is 15.1 Å². The van der Waals surface area contributed by atoms with Crippen molar-refractivity contribution in [3.8, 4) is 0 Å². The third kappa shape index (κ3) is 5.85. The van der Waals surface area contributed by atoms with Gasteiger partial charge in [-0.05, 0) is 85.2 Å². The van der Waals surface area contributed by atoms with E-state index in [9.17, 15) is 9.59 Å². The zero-order valence-corrected chi connectivity index (χ0v) is 21.6. The zero-order valence-electron chi connectivity index (χ0n) is 20.8. The molecule has 33 heavy (non-hydrogen) atoms. The monoisotopic (exact) mass is 472 g/mol. The van der Waals surface area contributed by atoms with E-state index in [-0.39, 0.29) is 18.2 Å². The summed E-state index contributed by atoms with van der Waals surface area (Å²) in [6.07, 6.45) is 4.90. The van der Waals surface area contributed by atoms with E-state index in [2.05, 4.69) is 41.1 Å². The molecule has 1 heterocycles. The van der Waals surface area contributed by atoms with Crippen molar-refractivity contribution >= 4 is 34.7 Å². The van der Waals surface area contributed by atoms with Gasteiger partial charge >= 0.3 is 0 Å². The Morgan fingerprint density at radius 3 is 2.33 bits per heavy atom. The lowest BCUT2D eigenvalue weighted by Crippen LogP contribution is -2.42. The minimum Gasteiger partial charge on any atom is -0.369 e. The summed E-state index contributed by atoms with van der Waals surface area (Å²) >= 11 is 6.49. The molecule has 0 saturated heterocycles. The lowest BCUT2D eigenvalue weighted by molar-refractivity contribution is -0.114. The molecule has 0 atom stereocenters. The number of aliphatic imine (C=N–C) groups is 1. The number of anilines is 1. The average molecular weight is 473 g/mol. The highest BCUT2D eigenvalue weighted by molar-refractivity contribution is 6.31. The van der Waals surface area contributed by atoms with Gasteiger partial charge in [0.1, 0.15) is 0 Å². The van der Waals surface area contributed by atoms with E-state index in [1.165, 1.54) is 12.8 Å². The Labute approximate surface area is 203 Å². The molecule has 2 aliphatic rings. The van der Waals surface area contributed by atoms with Crippen molar-refractivity contribution < 1.29 is 9.59 Å². The van der Waals surface area contributed by atoms with Gasteiger partial charge in [0.25, 0.3) is 5.91 Å². The number of rotatable bonds is 7. The largest absolute Gasteiger partial charge is 0.369 e. The van der Waals surface area contributed by atoms with Crippen molar-refractivity contribution in [3.63, 3.8) is 0 Å². The van der Waals surface area contributed by atoms with Gasteiger partial charge in [-0.25, -0.2) is 0 Å². The van der Waals surface area contributed by atoms with Crippen molar-refractivity contribution in [1.29, 1.82) is 0 Å². The van der Waals surface area contributed by atoms with Crippen LogP contribution in [0.15, 0.2) is 28.4 Å². The number of halogens is 1. The van der Waals surface area contributed by atoms with Crippen molar-refractivity contribution in [1.82, 2.24) is 10.2 Å². The number of carbonyl (C=O) groups excluding carboxylic acids is 2. The molecule has 1 saturated carbocycles. The lowest BCUT2D eigenvalue weighted by Gasteiger charge is -2.40. The van der Waals surface area contributed by atoms with Gasteiger partial charge in [-0.15, -0.1) is 0 Å². The maximum absolute atomic E-state index is 13.1. The first-order valence-electron chi connectivity index (χ1n) is 11.9. The number of hydrogen-bond donors (Lipinski definition) is 1. The van der Waals surface area contributed by atoms with Crippen LogP contribution in [0.2, 0.25) is 5.02 Å². The molecule has 0 unspecified atom stereocenters. The summed E-state index contributed by atoms with van der Waals surface area (Å²) < 4.78 is 0. The Kier molecular flexibility index (Phi) is 8.35. The molecule has 1 aliphatic heterocycles. The number of carbonyl (C=O) groups is 2. The van der Waals surface area contributed by atoms with Crippen molar-refractivity contribution in [2.75, 3.05) is 32.1 Å². The van der Waals surface area contributed by atoms with Gasteiger partial charge in [0.2, 0.25) is 0 Å². The minimum atomic E-state index is -0.219. The zero-order chi connectivity index (χ0) is 24.3. The van der Waals surface area contributed by atoms with E-state index >= 15 is 0 Å². The number of benzene rings is 1. The number of nitrogens with one attached hydrogen (secondary N) is 1. The first-order chi connectivity index (χ1) is 15.6. The highest BCUT2D eigenvalue weighted by atomic mass is 35.5. The average Bonchev–Trinajstić information content (AvgIpc) is 2.75. The summed E-state index contributed by atoms with van der Waals surface area (Å²) in [6.45, 7) is 8.84. The third-order valence-corrected chi connectivity index (χ3v) is 7.27. The Bertz CT molecular complexity index is 975. The van der Waals surface area contributed by atoms with Gasteiger partial charge in [-0.2, -0.15) is 0 Å². The second-order valence-electron chi connectivity index (χ2n) is 9.50. The van der Waals surface area contributed by atoms with E-state index in [0.29, 0.717) is 40.4 Å². The summed E-state index contributed by atoms with van der Waals surface area (Å²) in [5.41, 5.74) is 4.55. The van der Waals surface area contributed by atoms with Crippen LogP contribution in [0.4, 0.5) is 5.69 Å². The van der Waals surface area contributed by atoms with Crippen molar-refractivity contribution in [2.24, 2.45) is 4.99 Å². The number of allylic oxidation sites excluding steroid dienone is 1. The molecule has 180 valence electrons. The molecule has 1 aromatic carbocycles. The quantitative estimate of drug-likeness (QED) is 0.619. The molecule has 0 aromatic heterocycles. The topological polar surface area (TPSA) is 65.0 Å². The first kappa shape index (κ1) is 25.4. The number of hydrogen-bond acceptors (Lipinski definition) is 5. The second-order valence-corrected chi connectivity index (χ2v) is 9.94. The van der Waals surface area contributed by atoms with Crippen molar-refractivity contribution in [2.45, 2.75) is 71.9 Å². The van der Waals surface area contributed by atoms with Crippen LogP contribution < -0.4 is 10.2 Å². The molecule has 7 heteroatoms. The predicted molar refractivity (Wildman–Crippen MR) is 137 cm³/mol. The molecule has 1 fully saturated rings. The van der Waals surface area contributed by atoms with Gasteiger partial charge in [0.15, 0.2) is 5.78 Å². The SMILES string of the molecule is CCN(c1cc(Cl)cc(C(=O)NCC2=C(C)N=C(C)CC2=O)c1C)[C@H]1CC[C@H](N(C)C)CC1. The van der Waals surface area contributed by atoms with E-state index in [1.54, 1.807) is 6.07 Å². The Hall–Kier alpha value is -2.18. The Balaban J connectivity index is 1.79. The molecular formula is C26H37ClN4O2. The van der Waals surface area contributed by atoms with E-state index < -0.39 is 0 Å². The van der Waals surface area contributed by atoms with Crippen LogP contribution in [-0.2, 0) is 4.79 Å². The molecule has 1 amide bonds.